The molecule has 1 saturated carbocycles. The Morgan fingerprint density at radius 1 is 1.39 bits per heavy atom. The van der Waals surface area contributed by atoms with E-state index in [2.05, 4.69) is 18.0 Å². The number of methoxy groups -OCH3 is 1. The predicted octanol–water partition coefficient (Wildman–Crippen LogP) is 0.920. The fraction of sp³-hybridized carbons (Fsp3) is 0.611. The Kier molecular flexibility index (Phi) is 2.07. The van der Waals surface area contributed by atoms with Crippen molar-refractivity contribution in [2.45, 2.75) is 42.6 Å². The molecule has 6 rings (SSSR count). The molecule has 0 radical (unpaired) electrons. The van der Waals surface area contributed by atoms with Gasteiger partial charge in [0.05, 0.1) is 18.6 Å². The van der Waals surface area contributed by atoms with Crippen molar-refractivity contribution in [2.75, 3.05) is 20.7 Å². The smallest absolute Gasteiger partial charge is 0.205 e. The maximum absolute atomic E-state index is 12.9. The maximum atomic E-state index is 12.9. The number of benzene rings is 1. The van der Waals surface area contributed by atoms with Gasteiger partial charge in [0, 0.05) is 17.5 Å². The number of likely N-dealkylation sites (N-methyl/N-ethyl adjacent to an activating group) is 1. The van der Waals surface area contributed by atoms with Gasteiger partial charge in [-0.2, -0.15) is 0 Å². The second-order valence-corrected chi connectivity index (χ2v) is 7.62. The first-order chi connectivity index (χ1) is 11.2. The number of rotatable bonds is 1. The first-order valence-electron chi connectivity index (χ1n) is 8.43. The lowest BCUT2D eigenvalue weighted by atomic mass is 9.51. The minimum absolute atomic E-state index is 0.0837. The molecular weight excluding hydrogens is 294 g/mol. The van der Waals surface area contributed by atoms with Gasteiger partial charge in [0.25, 0.3) is 0 Å². The van der Waals surface area contributed by atoms with Crippen LogP contribution in [0, 0.1) is 5.92 Å². The number of hydrogen-bond acceptors (Lipinski definition) is 5. The van der Waals surface area contributed by atoms with Gasteiger partial charge < -0.3 is 19.1 Å². The number of nitrogens with zero attached hydrogens (tertiary/aromatic N) is 1. The molecule has 3 heterocycles. The lowest BCUT2D eigenvalue weighted by Gasteiger charge is -2.55. The standard InChI is InChI=1S/C18H19NO4/c1-19-6-5-18-11-8-3-4-10(21-2)14(11)23-17(18)13(20)16-15(22-16)12(18)9(19)7-8/h3-4,9,12,15-17H,5-7H2,1-2H3. The zero-order valence-electron chi connectivity index (χ0n) is 13.2. The van der Waals surface area contributed by atoms with E-state index in [1.165, 1.54) is 11.1 Å². The molecule has 2 saturated heterocycles. The third-order valence-electron chi connectivity index (χ3n) is 6.90. The first kappa shape index (κ1) is 12.8. The van der Waals surface area contributed by atoms with Crippen LogP contribution >= 0.6 is 0 Å². The van der Waals surface area contributed by atoms with Crippen LogP contribution in [0.3, 0.4) is 0 Å². The molecule has 3 aliphatic heterocycles. The van der Waals surface area contributed by atoms with E-state index in [1.54, 1.807) is 7.11 Å². The molecule has 6 atom stereocenters. The third kappa shape index (κ3) is 1.22. The molecule has 0 amide bonds. The Hall–Kier alpha value is -1.59. The summed E-state index contributed by atoms with van der Waals surface area (Å²) in [6, 6.07) is 4.59. The summed E-state index contributed by atoms with van der Waals surface area (Å²) < 4.78 is 17.6. The van der Waals surface area contributed by atoms with Gasteiger partial charge in [-0.05, 0) is 38.1 Å². The van der Waals surface area contributed by atoms with Crippen molar-refractivity contribution >= 4 is 5.78 Å². The van der Waals surface area contributed by atoms with E-state index in [0.717, 1.165) is 30.9 Å². The summed E-state index contributed by atoms with van der Waals surface area (Å²) in [6.45, 7) is 1.00. The van der Waals surface area contributed by atoms with E-state index >= 15 is 0 Å². The molecule has 2 bridgehead atoms. The number of ketones is 1. The normalized spacial score (nSPS) is 45.1. The van der Waals surface area contributed by atoms with E-state index in [9.17, 15) is 4.79 Å². The Bertz CT molecular complexity index is 762. The highest BCUT2D eigenvalue weighted by molar-refractivity contribution is 5.95. The molecule has 1 spiro atoms. The van der Waals surface area contributed by atoms with Crippen molar-refractivity contribution in [3.05, 3.63) is 23.3 Å². The van der Waals surface area contributed by atoms with Gasteiger partial charge in [0.15, 0.2) is 17.6 Å². The van der Waals surface area contributed by atoms with Crippen molar-refractivity contribution in [1.29, 1.82) is 0 Å². The molecule has 1 aromatic rings. The van der Waals surface area contributed by atoms with Crippen molar-refractivity contribution in [3.63, 3.8) is 0 Å². The fourth-order valence-electron chi connectivity index (χ4n) is 5.93. The molecule has 3 fully saturated rings. The molecule has 0 aromatic heterocycles. The van der Waals surface area contributed by atoms with E-state index < -0.39 is 6.10 Å². The zero-order valence-corrected chi connectivity index (χ0v) is 13.2. The number of likely N-dealkylation sites (tertiary alicyclic amines) is 1. The van der Waals surface area contributed by atoms with Gasteiger partial charge in [0.2, 0.25) is 5.78 Å². The largest absolute Gasteiger partial charge is 0.493 e. The molecule has 6 unspecified atom stereocenters. The topological polar surface area (TPSA) is 51.3 Å². The van der Waals surface area contributed by atoms with Crippen LogP contribution < -0.4 is 9.47 Å². The molecule has 5 heteroatoms. The number of hydrogen-bond donors (Lipinski definition) is 0. The number of ether oxygens (including phenoxy) is 3. The quantitative estimate of drug-likeness (QED) is 0.722. The van der Waals surface area contributed by atoms with E-state index in [1.807, 2.05) is 6.07 Å². The first-order valence-corrected chi connectivity index (χ1v) is 8.43. The van der Waals surface area contributed by atoms with Crippen molar-refractivity contribution in [3.8, 4) is 11.5 Å². The second kappa shape index (κ2) is 3.73. The molecule has 5 aliphatic rings. The molecule has 0 N–H and O–H groups in total. The van der Waals surface area contributed by atoms with Crippen LogP contribution in [-0.2, 0) is 21.4 Å². The van der Waals surface area contributed by atoms with Gasteiger partial charge in [-0.25, -0.2) is 0 Å². The minimum atomic E-state index is -0.391. The average molecular weight is 313 g/mol. The van der Waals surface area contributed by atoms with Crippen LogP contribution in [0.25, 0.3) is 0 Å². The second-order valence-electron chi connectivity index (χ2n) is 7.62. The van der Waals surface area contributed by atoms with E-state index in [4.69, 9.17) is 14.2 Å². The van der Waals surface area contributed by atoms with Crippen molar-refractivity contribution in [2.24, 2.45) is 5.92 Å². The average Bonchev–Trinajstić information content (AvgIpc) is 3.27. The summed E-state index contributed by atoms with van der Waals surface area (Å²) in [5.74, 6) is 2.07. The van der Waals surface area contributed by atoms with Crippen LogP contribution in [0.1, 0.15) is 17.5 Å². The minimum Gasteiger partial charge on any atom is -0.493 e. The summed E-state index contributed by atoms with van der Waals surface area (Å²) in [5.41, 5.74) is 2.37. The SMILES string of the molecule is COc1ccc2c3c1OC1C(=O)C4OC4C4C(C2)N(C)CCC314. The Morgan fingerprint density at radius 3 is 3.09 bits per heavy atom. The van der Waals surface area contributed by atoms with Gasteiger partial charge in [-0.3, -0.25) is 4.79 Å². The highest BCUT2D eigenvalue weighted by Gasteiger charge is 2.75. The Labute approximate surface area is 134 Å². The number of epoxide rings is 1. The van der Waals surface area contributed by atoms with Gasteiger partial charge >= 0.3 is 0 Å². The van der Waals surface area contributed by atoms with Crippen molar-refractivity contribution < 1.29 is 19.0 Å². The maximum Gasteiger partial charge on any atom is 0.205 e. The number of carbonyl (C=O) groups is 1. The fourth-order valence-corrected chi connectivity index (χ4v) is 5.93. The van der Waals surface area contributed by atoms with Crippen LogP contribution in [0.15, 0.2) is 12.1 Å². The number of Topliss-reactive ketones (excluding diaryl/α,β-unsaturated/α-hetero) is 1. The molecule has 120 valence electrons. The van der Waals surface area contributed by atoms with E-state index in [0.29, 0.717) is 12.0 Å². The molecule has 23 heavy (non-hydrogen) atoms. The summed E-state index contributed by atoms with van der Waals surface area (Å²) in [4.78, 5) is 15.3. The van der Waals surface area contributed by atoms with E-state index in [-0.39, 0.29) is 23.4 Å². The van der Waals surface area contributed by atoms with Gasteiger partial charge in [-0.15, -0.1) is 0 Å². The van der Waals surface area contributed by atoms with Gasteiger partial charge in [-0.1, -0.05) is 6.07 Å². The summed E-state index contributed by atoms with van der Waals surface area (Å²) in [5, 5.41) is 0. The lowest BCUT2D eigenvalue weighted by molar-refractivity contribution is -0.135. The molecule has 2 aliphatic carbocycles. The monoisotopic (exact) mass is 313 g/mol. The number of fused-ring (bicyclic) bond motifs is 1. The summed E-state index contributed by atoms with van der Waals surface area (Å²) >= 11 is 0. The third-order valence-corrected chi connectivity index (χ3v) is 6.90. The Morgan fingerprint density at radius 2 is 2.26 bits per heavy atom. The molecule has 1 aromatic carbocycles. The van der Waals surface area contributed by atoms with Crippen LogP contribution in [0.4, 0.5) is 0 Å². The van der Waals surface area contributed by atoms with Crippen LogP contribution in [0.2, 0.25) is 0 Å². The van der Waals surface area contributed by atoms with Gasteiger partial charge in [0.1, 0.15) is 6.10 Å². The lowest BCUT2D eigenvalue weighted by Crippen LogP contribution is -2.67. The molecular formula is C18H19NO4. The number of piperidine rings is 1. The number of carbonyl (C=O) groups excluding carboxylic acids is 1. The summed E-state index contributed by atoms with van der Waals surface area (Å²) in [7, 11) is 3.87. The highest BCUT2D eigenvalue weighted by Crippen LogP contribution is 2.66. The summed E-state index contributed by atoms with van der Waals surface area (Å²) in [6.07, 6.45) is 1.42. The highest BCUT2D eigenvalue weighted by atomic mass is 16.6. The molecule has 5 nitrogen and oxygen atoms in total. The van der Waals surface area contributed by atoms with Crippen LogP contribution in [0.5, 0.6) is 11.5 Å². The van der Waals surface area contributed by atoms with Crippen molar-refractivity contribution in [1.82, 2.24) is 4.90 Å². The Balaban J connectivity index is 1.68. The van der Waals surface area contributed by atoms with Crippen LogP contribution in [-0.4, -0.2) is 55.7 Å². The predicted molar refractivity (Wildman–Crippen MR) is 81.0 cm³/mol. The zero-order chi connectivity index (χ0) is 15.5.